The Labute approximate surface area is 125 Å². The minimum absolute atomic E-state index is 0.0402. The van der Waals surface area contributed by atoms with Crippen LogP contribution in [0.3, 0.4) is 0 Å². The second-order valence-corrected chi connectivity index (χ2v) is 5.69. The predicted octanol–water partition coefficient (Wildman–Crippen LogP) is 3.40. The zero-order chi connectivity index (χ0) is 14.8. The van der Waals surface area contributed by atoms with Crippen molar-refractivity contribution in [1.29, 1.82) is 0 Å². The maximum Gasteiger partial charge on any atom is 0.137 e. The smallest absolute Gasteiger partial charge is 0.137 e. The topological polar surface area (TPSA) is 44.5 Å². The molecule has 0 amide bonds. The lowest BCUT2D eigenvalue weighted by molar-refractivity contribution is 0.147. The van der Waals surface area contributed by atoms with Crippen molar-refractivity contribution in [2.24, 2.45) is 5.73 Å². The SMILES string of the molecule is Cc1ccc(OCC2Cc3ccccc3O2)c([C@H](C)N)c1. The lowest BCUT2D eigenvalue weighted by atomic mass is 10.1. The Balaban J connectivity index is 1.67. The van der Waals surface area contributed by atoms with Crippen LogP contribution in [-0.2, 0) is 6.42 Å². The first-order chi connectivity index (χ1) is 10.1. The Hall–Kier alpha value is -2.00. The quantitative estimate of drug-likeness (QED) is 0.935. The van der Waals surface area contributed by atoms with Crippen LogP contribution in [0.1, 0.15) is 29.7 Å². The summed E-state index contributed by atoms with van der Waals surface area (Å²) in [6, 6.07) is 14.2. The van der Waals surface area contributed by atoms with Gasteiger partial charge in [-0.2, -0.15) is 0 Å². The van der Waals surface area contributed by atoms with Gasteiger partial charge >= 0.3 is 0 Å². The Morgan fingerprint density at radius 3 is 2.86 bits per heavy atom. The van der Waals surface area contributed by atoms with Crippen LogP contribution in [-0.4, -0.2) is 12.7 Å². The molecule has 3 nitrogen and oxygen atoms in total. The van der Waals surface area contributed by atoms with E-state index >= 15 is 0 Å². The van der Waals surface area contributed by atoms with Crippen LogP contribution < -0.4 is 15.2 Å². The molecule has 2 aromatic rings. The molecule has 0 bridgehead atoms. The first-order valence-electron chi connectivity index (χ1n) is 7.37. The fourth-order valence-corrected chi connectivity index (χ4v) is 2.68. The first kappa shape index (κ1) is 14.0. The highest BCUT2D eigenvalue weighted by Crippen LogP contribution is 2.30. The van der Waals surface area contributed by atoms with E-state index in [0.717, 1.165) is 23.5 Å². The zero-order valence-electron chi connectivity index (χ0n) is 12.5. The Morgan fingerprint density at radius 2 is 2.10 bits per heavy atom. The van der Waals surface area contributed by atoms with Crippen molar-refractivity contribution in [2.45, 2.75) is 32.4 Å². The van der Waals surface area contributed by atoms with Gasteiger partial charge in [-0.15, -0.1) is 0 Å². The number of ether oxygens (including phenoxy) is 2. The molecule has 3 rings (SSSR count). The van der Waals surface area contributed by atoms with E-state index < -0.39 is 0 Å². The van der Waals surface area contributed by atoms with Gasteiger partial charge in [-0.25, -0.2) is 0 Å². The van der Waals surface area contributed by atoms with E-state index in [1.165, 1.54) is 11.1 Å². The van der Waals surface area contributed by atoms with E-state index in [4.69, 9.17) is 15.2 Å². The maximum absolute atomic E-state index is 6.02. The average Bonchev–Trinajstić information content (AvgIpc) is 2.88. The fourth-order valence-electron chi connectivity index (χ4n) is 2.68. The number of hydrogen-bond acceptors (Lipinski definition) is 3. The highest BCUT2D eigenvalue weighted by atomic mass is 16.5. The Morgan fingerprint density at radius 1 is 1.29 bits per heavy atom. The number of rotatable bonds is 4. The third-order valence-corrected chi connectivity index (χ3v) is 3.79. The number of nitrogens with two attached hydrogens (primary N) is 1. The molecule has 0 fully saturated rings. The lowest BCUT2D eigenvalue weighted by Crippen LogP contribution is -2.23. The average molecular weight is 283 g/mol. The van der Waals surface area contributed by atoms with Crippen LogP contribution in [0.2, 0.25) is 0 Å². The summed E-state index contributed by atoms with van der Waals surface area (Å²) in [6.07, 6.45) is 0.972. The van der Waals surface area contributed by atoms with Gasteiger partial charge in [-0.05, 0) is 31.5 Å². The summed E-state index contributed by atoms with van der Waals surface area (Å²) in [5.74, 6) is 1.83. The predicted molar refractivity (Wildman–Crippen MR) is 83.8 cm³/mol. The summed E-state index contributed by atoms with van der Waals surface area (Å²) in [5.41, 5.74) is 9.52. The third kappa shape index (κ3) is 3.03. The molecule has 1 heterocycles. The summed E-state index contributed by atoms with van der Waals surface area (Å²) in [7, 11) is 0. The summed E-state index contributed by atoms with van der Waals surface area (Å²) in [5, 5.41) is 0. The van der Waals surface area contributed by atoms with E-state index in [2.05, 4.69) is 19.1 Å². The van der Waals surface area contributed by atoms with Gasteiger partial charge in [-0.3, -0.25) is 0 Å². The molecule has 3 heteroatoms. The number of benzene rings is 2. The molecular weight excluding hydrogens is 262 g/mol. The van der Waals surface area contributed by atoms with Crippen molar-refractivity contribution in [2.75, 3.05) is 6.61 Å². The molecule has 0 aliphatic carbocycles. The van der Waals surface area contributed by atoms with E-state index in [9.17, 15) is 0 Å². The molecule has 1 aliphatic heterocycles. The molecule has 0 saturated heterocycles. The van der Waals surface area contributed by atoms with E-state index in [-0.39, 0.29) is 12.1 Å². The minimum atomic E-state index is -0.0402. The van der Waals surface area contributed by atoms with Crippen LogP contribution in [0.4, 0.5) is 0 Å². The molecule has 2 N–H and O–H groups in total. The zero-order valence-corrected chi connectivity index (χ0v) is 12.5. The molecule has 2 atom stereocenters. The van der Waals surface area contributed by atoms with Crippen LogP contribution in [0.15, 0.2) is 42.5 Å². The third-order valence-electron chi connectivity index (χ3n) is 3.79. The first-order valence-corrected chi connectivity index (χ1v) is 7.37. The van der Waals surface area contributed by atoms with Gasteiger partial charge in [0.15, 0.2) is 0 Å². The van der Waals surface area contributed by atoms with Gasteiger partial charge in [0.05, 0.1) is 0 Å². The van der Waals surface area contributed by atoms with Gasteiger partial charge in [0, 0.05) is 18.0 Å². The van der Waals surface area contributed by atoms with E-state index in [1.54, 1.807) is 0 Å². The van der Waals surface area contributed by atoms with Crippen LogP contribution >= 0.6 is 0 Å². The van der Waals surface area contributed by atoms with Crippen molar-refractivity contribution >= 4 is 0 Å². The highest BCUT2D eigenvalue weighted by Gasteiger charge is 2.23. The number of para-hydroxylation sites is 1. The second kappa shape index (κ2) is 5.78. The van der Waals surface area contributed by atoms with E-state index in [0.29, 0.717) is 6.61 Å². The Bertz CT molecular complexity index is 612. The lowest BCUT2D eigenvalue weighted by Gasteiger charge is -2.17. The van der Waals surface area contributed by atoms with Gasteiger partial charge in [0.2, 0.25) is 0 Å². The summed E-state index contributed by atoms with van der Waals surface area (Å²) in [6.45, 7) is 4.58. The van der Waals surface area contributed by atoms with Gasteiger partial charge in [0.1, 0.15) is 24.2 Å². The molecule has 0 radical (unpaired) electrons. The van der Waals surface area contributed by atoms with Crippen LogP contribution in [0.25, 0.3) is 0 Å². The molecule has 21 heavy (non-hydrogen) atoms. The highest BCUT2D eigenvalue weighted by molar-refractivity contribution is 5.39. The largest absolute Gasteiger partial charge is 0.489 e. The van der Waals surface area contributed by atoms with E-state index in [1.807, 2.05) is 37.3 Å². The van der Waals surface area contributed by atoms with Gasteiger partial charge in [0.25, 0.3) is 0 Å². The Kier molecular flexibility index (Phi) is 3.84. The molecule has 1 aliphatic rings. The standard InChI is InChI=1S/C18H21NO2/c1-12-7-8-18(16(9-12)13(2)19)20-11-15-10-14-5-3-4-6-17(14)21-15/h3-9,13,15H,10-11,19H2,1-2H3/t13-,15?/m0/s1. The van der Waals surface area contributed by atoms with Gasteiger partial charge < -0.3 is 15.2 Å². The molecular formula is C18H21NO2. The summed E-state index contributed by atoms with van der Waals surface area (Å²) in [4.78, 5) is 0. The molecule has 0 saturated carbocycles. The van der Waals surface area contributed by atoms with Crippen molar-refractivity contribution in [1.82, 2.24) is 0 Å². The van der Waals surface area contributed by atoms with Crippen molar-refractivity contribution in [3.8, 4) is 11.5 Å². The van der Waals surface area contributed by atoms with Crippen molar-refractivity contribution < 1.29 is 9.47 Å². The molecule has 110 valence electrons. The normalized spacial score (nSPS) is 18.0. The molecule has 1 unspecified atom stereocenters. The minimum Gasteiger partial charge on any atom is -0.489 e. The number of hydrogen-bond donors (Lipinski definition) is 1. The van der Waals surface area contributed by atoms with Crippen LogP contribution in [0.5, 0.6) is 11.5 Å². The summed E-state index contributed by atoms with van der Waals surface area (Å²) < 4.78 is 11.9. The molecule has 2 aromatic carbocycles. The number of aryl methyl sites for hydroxylation is 1. The van der Waals surface area contributed by atoms with Crippen LogP contribution in [0, 0.1) is 6.92 Å². The summed E-state index contributed by atoms with van der Waals surface area (Å²) >= 11 is 0. The monoisotopic (exact) mass is 283 g/mol. The van der Waals surface area contributed by atoms with Crippen molar-refractivity contribution in [3.63, 3.8) is 0 Å². The fraction of sp³-hybridized carbons (Fsp3) is 0.333. The second-order valence-electron chi connectivity index (χ2n) is 5.69. The van der Waals surface area contributed by atoms with Crippen molar-refractivity contribution in [3.05, 3.63) is 59.2 Å². The maximum atomic E-state index is 6.02. The molecule has 0 aromatic heterocycles. The van der Waals surface area contributed by atoms with Gasteiger partial charge in [-0.1, -0.05) is 35.9 Å². The number of fused-ring (bicyclic) bond motifs is 1. The molecule has 0 spiro atoms.